The number of amides is 1. The van der Waals surface area contributed by atoms with Crippen LogP contribution in [0.5, 0.6) is 0 Å². The van der Waals surface area contributed by atoms with Crippen molar-refractivity contribution in [1.82, 2.24) is 5.32 Å². The molecule has 0 aliphatic carbocycles. The minimum Gasteiger partial charge on any atom is -0.355 e. The summed E-state index contributed by atoms with van der Waals surface area (Å²) in [6.07, 6.45) is 0.549. The number of rotatable bonds is 1. The van der Waals surface area contributed by atoms with Gasteiger partial charge in [0.15, 0.2) is 0 Å². The molecule has 0 saturated carbocycles. The van der Waals surface area contributed by atoms with Gasteiger partial charge < -0.3 is 5.32 Å². The summed E-state index contributed by atoms with van der Waals surface area (Å²) in [4.78, 5) is 12.0. The Balaban J connectivity index is 2.21. The van der Waals surface area contributed by atoms with Crippen molar-refractivity contribution in [2.45, 2.75) is 12.3 Å². The maximum absolute atomic E-state index is 10.9. The monoisotopic (exact) mass is 235 g/mol. The first-order chi connectivity index (χ1) is 6.16. The van der Waals surface area contributed by atoms with Crippen molar-refractivity contribution >= 4 is 40.4 Å². The summed E-state index contributed by atoms with van der Waals surface area (Å²) in [6, 6.07) is 1.85. The highest BCUT2D eigenvalue weighted by Gasteiger charge is 2.25. The largest absolute Gasteiger partial charge is 0.355 e. The van der Waals surface area contributed by atoms with E-state index in [4.69, 9.17) is 23.2 Å². The Morgan fingerprint density at radius 2 is 2.31 bits per heavy atom. The molecule has 0 bridgehead atoms. The zero-order valence-corrected chi connectivity index (χ0v) is 8.97. The van der Waals surface area contributed by atoms with Gasteiger partial charge in [-0.05, 0) is 6.07 Å². The summed E-state index contributed by atoms with van der Waals surface area (Å²) in [6.45, 7) is 0.700. The van der Waals surface area contributed by atoms with Crippen molar-refractivity contribution in [2.75, 3.05) is 6.54 Å². The summed E-state index contributed by atoms with van der Waals surface area (Å²) >= 11 is 13.1. The van der Waals surface area contributed by atoms with Crippen molar-refractivity contribution < 1.29 is 4.79 Å². The average molecular weight is 236 g/mol. The Kier molecular flexibility index (Phi) is 2.49. The third-order valence-electron chi connectivity index (χ3n) is 2.04. The third-order valence-corrected chi connectivity index (χ3v) is 4.07. The predicted molar refractivity (Wildman–Crippen MR) is 54.7 cm³/mol. The smallest absolute Gasteiger partial charge is 0.220 e. The molecule has 1 saturated heterocycles. The van der Waals surface area contributed by atoms with Gasteiger partial charge in [-0.2, -0.15) is 0 Å². The van der Waals surface area contributed by atoms with Crippen molar-refractivity contribution in [3.8, 4) is 0 Å². The lowest BCUT2D eigenvalue weighted by atomic mass is 10.1. The summed E-state index contributed by atoms with van der Waals surface area (Å²) in [5.41, 5.74) is 0. The van der Waals surface area contributed by atoms with E-state index in [0.717, 1.165) is 4.88 Å². The topological polar surface area (TPSA) is 29.1 Å². The molecule has 0 radical (unpaired) electrons. The molecule has 0 aromatic carbocycles. The Morgan fingerprint density at radius 1 is 1.54 bits per heavy atom. The fourth-order valence-electron chi connectivity index (χ4n) is 1.37. The van der Waals surface area contributed by atoms with E-state index >= 15 is 0 Å². The van der Waals surface area contributed by atoms with E-state index in [2.05, 4.69) is 5.32 Å². The number of hydrogen-bond acceptors (Lipinski definition) is 2. The van der Waals surface area contributed by atoms with E-state index in [9.17, 15) is 4.79 Å². The molecule has 1 unspecified atom stereocenters. The van der Waals surface area contributed by atoms with Crippen LogP contribution in [0, 0.1) is 0 Å². The van der Waals surface area contributed by atoms with Crippen LogP contribution in [0.1, 0.15) is 17.2 Å². The van der Waals surface area contributed by atoms with Crippen LogP contribution < -0.4 is 5.32 Å². The van der Waals surface area contributed by atoms with Gasteiger partial charge in [0.1, 0.15) is 4.34 Å². The molecule has 2 nitrogen and oxygen atoms in total. The summed E-state index contributed by atoms with van der Waals surface area (Å²) in [5.74, 6) is 0.355. The van der Waals surface area contributed by atoms with Crippen LogP contribution in [0.4, 0.5) is 0 Å². The summed E-state index contributed by atoms with van der Waals surface area (Å²) < 4.78 is 0.607. The zero-order valence-electron chi connectivity index (χ0n) is 6.64. The molecule has 5 heteroatoms. The molecule has 1 atom stereocenters. The van der Waals surface area contributed by atoms with Crippen molar-refractivity contribution in [1.29, 1.82) is 0 Å². The van der Waals surface area contributed by atoms with Gasteiger partial charge in [-0.25, -0.2) is 0 Å². The second-order valence-electron chi connectivity index (χ2n) is 2.98. The predicted octanol–water partition coefficient (Wildman–Crippen LogP) is 2.66. The summed E-state index contributed by atoms with van der Waals surface area (Å²) in [5, 5.41) is 3.36. The quantitative estimate of drug-likeness (QED) is 0.797. The number of nitrogens with one attached hydrogen (secondary N) is 1. The summed E-state index contributed by atoms with van der Waals surface area (Å²) in [7, 11) is 0. The van der Waals surface area contributed by atoms with E-state index < -0.39 is 0 Å². The molecule has 1 fully saturated rings. The molecule has 1 aliphatic heterocycles. The minimum atomic E-state index is 0.102. The molecule has 1 aliphatic rings. The van der Waals surface area contributed by atoms with Gasteiger partial charge in [-0.15, -0.1) is 11.3 Å². The SMILES string of the molecule is O=C1CC(c2cc(Cl)c(Cl)s2)CN1. The molecule has 2 heterocycles. The van der Waals surface area contributed by atoms with E-state index in [0.29, 0.717) is 22.3 Å². The van der Waals surface area contributed by atoms with Crippen molar-refractivity contribution in [3.63, 3.8) is 0 Å². The van der Waals surface area contributed by atoms with E-state index in [1.807, 2.05) is 6.07 Å². The number of carbonyl (C=O) groups excluding carboxylic acids is 1. The maximum atomic E-state index is 10.9. The van der Waals surface area contributed by atoms with Crippen LogP contribution in [0.15, 0.2) is 6.07 Å². The molecule has 1 aromatic heterocycles. The first kappa shape index (κ1) is 9.31. The highest BCUT2D eigenvalue weighted by molar-refractivity contribution is 7.17. The van der Waals surface area contributed by atoms with Gasteiger partial charge in [0.2, 0.25) is 5.91 Å². The molecular weight excluding hydrogens is 229 g/mol. The van der Waals surface area contributed by atoms with E-state index in [1.165, 1.54) is 11.3 Å². The molecule has 2 rings (SSSR count). The van der Waals surface area contributed by atoms with Gasteiger partial charge >= 0.3 is 0 Å². The van der Waals surface area contributed by atoms with Crippen LogP contribution in [-0.4, -0.2) is 12.5 Å². The Bertz CT molecular complexity index is 330. The highest BCUT2D eigenvalue weighted by Crippen LogP contribution is 2.37. The van der Waals surface area contributed by atoms with Gasteiger partial charge in [0.25, 0.3) is 0 Å². The normalized spacial score (nSPS) is 22.0. The van der Waals surface area contributed by atoms with Crippen LogP contribution in [-0.2, 0) is 4.79 Å². The third kappa shape index (κ3) is 1.82. The fourth-order valence-corrected chi connectivity index (χ4v) is 2.86. The molecule has 0 spiro atoms. The first-order valence-electron chi connectivity index (χ1n) is 3.88. The van der Waals surface area contributed by atoms with Crippen molar-refractivity contribution in [3.05, 3.63) is 20.3 Å². The van der Waals surface area contributed by atoms with Crippen LogP contribution in [0.25, 0.3) is 0 Å². The molecule has 13 heavy (non-hydrogen) atoms. The lowest BCUT2D eigenvalue weighted by Crippen LogP contribution is -2.13. The first-order valence-corrected chi connectivity index (χ1v) is 5.45. The lowest BCUT2D eigenvalue weighted by molar-refractivity contribution is -0.119. The zero-order chi connectivity index (χ0) is 9.42. The number of thiophene rings is 1. The van der Waals surface area contributed by atoms with Crippen molar-refractivity contribution in [2.24, 2.45) is 0 Å². The second kappa shape index (κ2) is 3.48. The highest BCUT2D eigenvalue weighted by atomic mass is 35.5. The Hall–Kier alpha value is -0.250. The van der Waals surface area contributed by atoms with Gasteiger partial charge in [0.05, 0.1) is 5.02 Å². The molecule has 1 N–H and O–H groups in total. The van der Waals surface area contributed by atoms with Crippen LogP contribution in [0.3, 0.4) is 0 Å². The second-order valence-corrected chi connectivity index (χ2v) is 5.07. The van der Waals surface area contributed by atoms with E-state index in [-0.39, 0.29) is 11.8 Å². The standard InChI is InChI=1S/C8H7Cl2NOS/c9-5-2-6(13-8(5)10)4-1-7(12)11-3-4/h2,4H,1,3H2,(H,11,12). The Labute approximate surface area is 89.8 Å². The maximum Gasteiger partial charge on any atom is 0.220 e. The molecule has 1 amide bonds. The van der Waals surface area contributed by atoms with Crippen LogP contribution in [0.2, 0.25) is 9.36 Å². The number of carbonyl (C=O) groups is 1. The molecule has 1 aromatic rings. The van der Waals surface area contributed by atoms with Gasteiger partial charge in [-0.1, -0.05) is 23.2 Å². The molecule has 70 valence electrons. The van der Waals surface area contributed by atoms with Crippen LogP contribution >= 0.6 is 34.5 Å². The average Bonchev–Trinajstić information content (AvgIpc) is 2.61. The molecular formula is C8H7Cl2NOS. The Morgan fingerprint density at radius 3 is 2.77 bits per heavy atom. The fraction of sp³-hybridized carbons (Fsp3) is 0.375. The number of hydrogen-bond donors (Lipinski definition) is 1. The number of halogens is 2. The minimum absolute atomic E-state index is 0.102. The van der Waals surface area contributed by atoms with Gasteiger partial charge in [0, 0.05) is 23.8 Å². The van der Waals surface area contributed by atoms with E-state index in [1.54, 1.807) is 0 Å². The lowest BCUT2D eigenvalue weighted by Gasteiger charge is -2.00. The van der Waals surface area contributed by atoms with Gasteiger partial charge in [-0.3, -0.25) is 4.79 Å².